The van der Waals surface area contributed by atoms with Gasteiger partial charge in [0, 0.05) is 31.9 Å². The van der Waals surface area contributed by atoms with Crippen LogP contribution in [-0.2, 0) is 6.18 Å². The first-order valence-electron chi connectivity index (χ1n) is 6.32. The number of hydrogen-bond donors (Lipinski definition) is 2. The normalized spacial score (nSPS) is 15.4. The summed E-state index contributed by atoms with van der Waals surface area (Å²) in [5.41, 5.74) is 0.507. The monoisotopic (exact) mass is 287 g/mol. The summed E-state index contributed by atoms with van der Waals surface area (Å²) in [7, 11) is 0. The number of alkyl halides is 3. The van der Waals surface area contributed by atoms with Gasteiger partial charge in [-0.1, -0.05) is 6.07 Å². The minimum atomic E-state index is -4.35. The second-order valence-corrected chi connectivity index (χ2v) is 4.67. The fourth-order valence-electron chi connectivity index (χ4n) is 2.04. The zero-order valence-electron chi connectivity index (χ0n) is 11.0. The summed E-state index contributed by atoms with van der Waals surface area (Å²) in [5, 5.41) is 5.62. The van der Waals surface area contributed by atoms with E-state index in [4.69, 9.17) is 0 Å². The molecule has 2 amide bonds. The van der Waals surface area contributed by atoms with E-state index in [1.807, 2.05) is 0 Å². The Hall–Kier alpha value is -1.92. The number of nitrogens with zero attached hydrogens (tertiary/aromatic N) is 1. The van der Waals surface area contributed by atoms with Gasteiger partial charge in [0.1, 0.15) is 0 Å². The number of rotatable bonds is 4. The highest BCUT2D eigenvalue weighted by Crippen LogP contribution is 2.31. The van der Waals surface area contributed by atoms with Crippen molar-refractivity contribution in [3.63, 3.8) is 0 Å². The lowest BCUT2D eigenvalue weighted by molar-refractivity contribution is -0.137. The highest BCUT2D eigenvalue weighted by atomic mass is 19.4. The Morgan fingerprint density at radius 1 is 1.40 bits per heavy atom. The van der Waals surface area contributed by atoms with E-state index in [0.717, 1.165) is 17.7 Å². The molecular formula is C13H16F3N3O. The predicted molar refractivity (Wildman–Crippen MR) is 69.6 cm³/mol. The van der Waals surface area contributed by atoms with Crippen LogP contribution in [0.3, 0.4) is 0 Å². The first-order valence-corrected chi connectivity index (χ1v) is 6.32. The Balaban J connectivity index is 1.96. The highest BCUT2D eigenvalue weighted by Gasteiger charge is 2.30. The van der Waals surface area contributed by atoms with Gasteiger partial charge in [0.2, 0.25) is 0 Å². The standard InChI is InChI=1S/C13H16F3N3O/c1-9-2-3-10(13(14,15)16)8-11(9)17-4-6-19-7-5-18-12(19)20/h2-3,8,17H,4-7H2,1H3,(H,18,20). The van der Waals surface area contributed by atoms with Gasteiger partial charge in [-0.2, -0.15) is 13.2 Å². The number of nitrogens with one attached hydrogen (secondary N) is 2. The summed E-state index contributed by atoms with van der Waals surface area (Å²) in [6, 6.07) is 3.47. The summed E-state index contributed by atoms with van der Waals surface area (Å²) in [6.45, 7) is 3.85. The van der Waals surface area contributed by atoms with Gasteiger partial charge in [-0.3, -0.25) is 0 Å². The van der Waals surface area contributed by atoms with E-state index in [9.17, 15) is 18.0 Å². The summed E-state index contributed by atoms with van der Waals surface area (Å²) in [6.07, 6.45) is -4.35. The first kappa shape index (κ1) is 14.5. The lowest BCUT2D eigenvalue weighted by Gasteiger charge is -2.17. The summed E-state index contributed by atoms with van der Waals surface area (Å²) in [5.74, 6) is 0. The van der Waals surface area contributed by atoms with Crippen LogP contribution in [0.1, 0.15) is 11.1 Å². The fraction of sp³-hybridized carbons (Fsp3) is 0.462. The van der Waals surface area contributed by atoms with Crippen molar-refractivity contribution in [3.05, 3.63) is 29.3 Å². The van der Waals surface area contributed by atoms with E-state index in [2.05, 4.69) is 10.6 Å². The molecule has 1 saturated heterocycles. The van der Waals surface area contributed by atoms with Gasteiger partial charge in [-0.15, -0.1) is 0 Å². The molecule has 7 heteroatoms. The average Bonchev–Trinajstić information content (AvgIpc) is 2.76. The van der Waals surface area contributed by atoms with Crippen LogP contribution in [0.2, 0.25) is 0 Å². The van der Waals surface area contributed by atoms with Gasteiger partial charge >= 0.3 is 12.2 Å². The molecule has 110 valence electrons. The number of hydrogen-bond acceptors (Lipinski definition) is 2. The van der Waals surface area contributed by atoms with Gasteiger partial charge < -0.3 is 15.5 Å². The third-order valence-electron chi connectivity index (χ3n) is 3.21. The van der Waals surface area contributed by atoms with Crippen LogP contribution in [0.5, 0.6) is 0 Å². The maximum Gasteiger partial charge on any atom is 0.416 e. The van der Waals surface area contributed by atoms with E-state index in [1.165, 1.54) is 6.07 Å². The van der Waals surface area contributed by atoms with Crippen molar-refractivity contribution in [1.29, 1.82) is 0 Å². The Labute approximate surface area is 114 Å². The highest BCUT2D eigenvalue weighted by molar-refractivity contribution is 5.76. The van der Waals surface area contributed by atoms with E-state index >= 15 is 0 Å². The third kappa shape index (κ3) is 3.34. The van der Waals surface area contributed by atoms with Crippen molar-refractivity contribution in [2.45, 2.75) is 13.1 Å². The molecular weight excluding hydrogens is 271 g/mol. The molecule has 1 aliphatic rings. The lowest BCUT2D eigenvalue weighted by Crippen LogP contribution is -2.32. The molecule has 1 aliphatic heterocycles. The Kier molecular flexibility index (Phi) is 4.06. The number of carbonyl (C=O) groups is 1. The number of benzene rings is 1. The second kappa shape index (κ2) is 5.60. The molecule has 2 N–H and O–H groups in total. The van der Waals surface area contributed by atoms with Crippen molar-refractivity contribution in [2.24, 2.45) is 0 Å². The molecule has 0 spiro atoms. The van der Waals surface area contributed by atoms with Gasteiger partial charge in [-0.25, -0.2) is 4.79 Å². The topological polar surface area (TPSA) is 44.4 Å². The van der Waals surface area contributed by atoms with Crippen molar-refractivity contribution in [3.8, 4) is 0 Å². The number of aryl methyl sites for hydroxylation is 1. The molecule has 0 aliphatic carbocycles. The largest absolute Gasteiger partial charge is 0.416 e. The first-order chi connectivity index (χ1) is 9.38. The average molecular weight is 287 g/mol. The van der Waals surface area contributed by atoms with Gasteiger partial charge in [0.05, 0.1) is 5.56 Å². The maximum atomic E-state index is 12.6. The molecule has 1 fully saturated rings. The molecule has 1 aromatic rings. The van der Waals surface area contributed by atoms with Crippen molar-refractivity contribution < 1.29 is 18.0 Å². The van der Waals surface area contributed by atoms with Crippen LogP contribution >= 0.6 is 0 Å². The van der Waals surface area contributed by atoms with Crippen LogP contribution in [0, 0.1) is 6.92 Å². The molecule has 2 rings (SSSR count). The molecule has 4 nitrogen and oxygen atoms in total. The summed E-state index contributed by atoms with van der Waals surface area (Å²) in [4.78, 5) is 12.9. The van der Waals surface area contributed by atoms with Gasteiger partial charge in [0.15, 0.2) is 0 Å². The molecule has 0 aromatic heterocycles. The molecule has 0 bridgehead atoms. The predicted octanol–water partition coefficient (Wildman–Crippen LogP) is 2.45. The molecule has 0 saturated carbocycles. The Bertz CT molecular complexity index is 502. The van der Waals surface area contributed by atoms with E-state index in [-0.39, 0.29) is 6.03 Å². The van der Waals surface area contributed by atoms with E-state index < -0.39 is 11.7 Å². The van der Waals surface area contributed by atoms with E-state index in [1.54, 1.807) is 11.8 Å². The van der Waals surface area contributed by atoms with Crippen LogP contribution in [0.25, 0.3) is 0 Å². The number of urea groups is 1. The smallest absolute Gasteiger partial charge is 0.383 e. The molecule has 0 unspecified atom stereocenters. The molecule has 0 atom stereocenters. The Morgan fingerprint density at radius 2 is 2.15 bits per heavy atom. The van der Waals surface area contributed by atoms with Crippen LogP contribution < -0.4 is 10.6 Å². The van der Waals surface area contributed by atoms with Crippen LogP contribution in [0.4, 0.5) is 23.7 Å². The zero-order chi connectivity index (χ0) is 14.8. The summed E-state index contributed by atoms with van der Waals surface area (Å²) >= 11 is 0. The van der Waals surface area contributed by atoms with Crippen molar-refractivity contribution in [1.82, 2.24) is 10.2 Å². The van der Waals surface area contributed by atoms with Crippen LogP contribution in [-0.4, -0.2) is 37.1 Å². The number of halogens is 3. The van der Waals surface area contributed by atoms with Gasteiger partial charge in [-0.05, 0) is 24.6 Å². The second-order valence-electron chi connectivity index (χ2n) is 4.67. The quantitative estimate of drug-likeness (QED) is 0.893. The minimum absolute atomic E-state index is 0.132. The number of carbonyl (C=O) groups excluding carboxylic acids is 1. The zero-order valence-corrected chi connectivity index (χ0v) is 11.0. The maximum absolute atomic E-state index is 12.6. The molecule has 20 heavy (non-hydrogen) atoms. The summed E-state index contributed by atoms with van der Waals surface area (Å²) < 4.78 is 37.9. The Morgan fingerprint density at radius 3 is 2.75 bits per heavy atom. The number of amides is 2. The van der Waals surface area contributed by atoms with E-state index in [0.29, 0.717) is 31.9 Å². The van der Waals surface area contributed by atoms with Gasteiger partial charge in [0.25, 0.3) is 0 Å². The SMILES string of the molecule is Cc1ccc(C(F)(F)F)cc1NCCN1CCNC1=O. The molecule has 0 radical (unpaired) electrons. The third-order valence-corrected chi connectivity index (χ3v) is 3.21. The van der Waals surface area contributed by atoms with Crippen molar-refractivity contribution >= 4 is 11.7 Å². The lowest BCUT2D eigenvalue weighted by atomic mass is 10.1. The minimum Gasteiger partial charge on any atom is -0.383 e. The van der Waals surface area contributed by atoms with Crippen LogP contribution in [0.15, 0.2) is 18.2 Å². The number of anilines is 1. The fourth-order valence-corrected chi connectivity index (χ4v) is 2.04. The molecule has 1 aromatic carbocycles. The van der Waals surface area contributed by atoms with Crippen molar-refractivity contribution in [2.75, 3.05) is 31.5 Å². The molecule has 1 heterocycles.